The lowest BCUT2D eigenvalue weighted by molar-refractivity contribution is -0.115. The molecule has 0 aliphatic carbocycles. The minimum Gasteiger partial charge on any atom is -0.386 e. The third kappa shape index (κ3) is 6.70. The summed E-state index contributed by atoms with van der Waals surface area (Å²) in [4.78, 5) is 11.5. The number of carbonyl (C=O) groups is 1. The number of unbranched alkanes of at least 4 members (excludes halogenated alkanes) is 1. The van der Waals surface area contributed by atoms with Gasteiger partial charge in [-0.05, 0) is 34.1 Å². The Kier molecular flexibility index (Phi) is 5.51. The van der Waals surface area contributed by atoms with Gasteiger partial charge in [0, 0.05) is 23.7 Å². The fourth-order valence-electron chi connectivity index (χ4n) is 0.940. The van der Waals surface area contributed by atoms with Gasteiger partial charge in [-0.1, -0.05) is 13.3 Å². The lowest BCUT2D eigenvalue weighted by Crippen LogP contribution is -2.31. The number of ketones is 1. The van der Waals surface area contributed by atoms with Crippen molar-refractivity contribution in [3.8, 4) is 0 Å². The van der Waals surface area contributed by atoms with Gasteiger partial charge in [0.15, 0.2) is 5.78 Å². The minimum absolute atomic E-state index is 0.0340. The van der Waals surface area contributed by atoms with E-state index in [4.69, 9.17) is 0 Å². The molecule has 0 saturated heterocycles. The van der Waals surface area contributed by atoms with Crippen molar-refractivity contribution in [1.82, 2.24) is 5.32 Å². The molecule has 82 valence electrons. The van der Waals surface area contributed by atoms with Gasteiger partial charge in [-0.15, -0.1) is 0 Å². The van der Waals surface area contributed by atoms with Crippen LogP contribution >= 0.6 is 0 Å². The van der Waals surface area contributed by atoms with E-state index in [2.05, 4.69) is 33.0 Å². The average molecular weight is 197 g/mol. The molecule has 0 spiro atoms. The van der Waals surface area contributed by atoms with Gasteiger partial charge in [-0.25, -0.2) is 0 Å². The van der Waals surface area contributed by atoms with Crippen LogP contribution in [0.3, 0.4) is 0 Å². The second-order valence-electron chi connectivity index (χ2n) is 4.75. The highest BCUT2D eigenvalue weighted by atomic mass is 16.1. The molecule has 2 nitrogen and oxygen atoms in total. The molecule has 0 aliphatic rings. The van der Waals surface area contributed by atoms with Crippen LogP contribution in [-0.4, -0.2) is 11.3 Å². The van der Waals surface area contributed by atoms with Crippen LogP contribution in [0, 0.1) is 0 Å². The van der Waals surface area contributed by atoms with Crippen LogP contribution in [0.5, 0.6) is 0 Å². The van der Waals surface area contributed by atoms with Crippen LogP contribution in [0.15, 0.2) is 11.8 Å². The maximum Gasteiger partial charge on any atom is 0.160 e. The van der Waals surface area contributed by atoms with Gasteiger partial charge >= 0.3 is 0 Å². The predicted octanol–water partition coefficient (Wildman–Crippen LogP) is 3.04. The van der Waals surface area contributed by atoms with Crippen molar-refractivity contribution < 1.29 is 4.79 Å². The zero-order chi connectivity index (χ0) is 11.2. The monoisotopic (exact) mass is 197 g/mol. The van der Waals surface area contributed by atoms with Crippen molar-refractivity contribution in [2.24, 2.45) is 0 Å². The highest BCUT2D eigenvalue weighted by Crippen LogP contribution is 2.05. The highest BCUT2D eigenvalue weighted by molar-refractivity contribution is 5.94. The molecule has 0 aromatic heterocycles. The van der Waals surface area contributed by atoms with E-state index < -0.39 is 0 Å². The highest BCUT2D eigenvalue weighted by Gasteiger charge is 2.08. The number of allylic oxidation sites excluding steroid dienone is 1. The fraction of sp³-hybridized carbons (Fsp3) is 0.750. The van der Waals surface area contributed by atoms with Crippen molar-refractivity contribution in [2.45, 2.75) is 59.4 Å². The topological polar surface area (TPSA) is 29.1 Å². The second-order valence-corrected chi connectivity index (χ2v) is 4.75. The van der Waals surface area contributed by atoms with E-state index in [1.54, 1.807) is 0 Å². The quantitative estimate of drug-likeness (QED) is 0.686. The molecule has 0 radical (unpaired) electrons. The smallest absolute Gasteiger partial charge is 0.160 e. The normalized spacial score (nSPS) is 12.8. The first-order chi connectivity index (χ1) is 6.37. The number of rotatable bonds is 5. The number of Topliss-reactive ketones (excluding diaryl/α,β-unsaturated/α-hetero) is 1. The van der Waals surface area contributed by atoms with Crippen LogP contribution in [0.2, 0.25) is 0 Å². The molecule has 0 amide bonds. The number of nitrogens with one attached hydrogen (secondary N) is 1. The molecule has 0 fully saturated rings. The van der Waals surface area contributed by atoms with E-state index in [1.807, 2.05) is 13.1 Å². The van der Waals surface area contributed by atoms with Crippen LogP contribution in [0.1, 0.15) is 53.9 Å². The summed E-state index contributed by atoms with van der Waals surface area (Å²) in [6, 6.07) is 0. The number of hydrogen-bond donors (Lipinski definition) is 1. The summed E-state index contributed by atoms with van der Waals surface area (Å²) in [5.41, 5.74) is 0.861. The zero-order valence-corrected chi connectivity index (χ0v) is 10.1. The number of hydrogen-bond acceptors (Lipinski definition) is 2. The maximum absolute atomic E-state index is 11.5. The molecule has 2 heteroatoms. The van der Waals surface area contributed by atoms with E-state index in [9.17, 15) is 4.79 Å². The molecule has 0 aromatic rings. The molecule has 0 aliphatic heterocycles. The first kappa shape index (κ1) is 13.2. The van der Waals surface area contributed by atoms with Gasteiger partial charge in [0.2, 0.25) is 0 Å². The Balaban J connectivity index is 4.04. The summed E-state index contributed by atoms with van der Waals surface area (Å²) >= 11 is 0. The van der Waals surface area contributed by atoms with Crippen LogP contribution in [0.25, 0.3) is 0 Å². The van der Waals surface area contributed by atoms with Gasteiger partial charge in [-0.2, -0.15) is 0 Å². The van der Waals surface area contributed by atoms with E-state index in [0.29, 0.717) is 6.42 Å². The summed E-state index contributed by atoms with van der Waals surface area (Å²) in [6.45, 7) is 10.2. The van der Waals surface area contributed by atoms with Gasteiger partial charge < -0.3 is 5.32 Å². The molecule has 0 bridgehead atoms. The lowest BCUT2D eigenvalue weighted by Gasteiger charge is -2.19. The molecule has 0 unspecified atom stereocenters. The van der Waals surface area contributed by atoms with Crippen molar-refractivity contribution >= 4 is 5.78 Å². The van der Waals surface area contributed by atoms with Crippen LogP contribution in [-0.2, 0) is 4.79 Å². The average Bonchev–Trinajstić information content (AvgIpc) is 2.09. The predicted molar refractivity (Wildman–Crippen MR) is 61.2 cm³/mol. The first-order valence-electron chi connectivity index (χ1n) is 5.34. The van der Waals surface area contributed by atoms with Crippen molar-refractivity contribution in [1.29, 1.82) is 0 Å². The SMILES string of the molecule is CCCCC(=O)/C(C)=C/NC(C)(C)C. The minimum atomic E-state index is 0.0340. The van der Waals surface area contributed by atoms with Gasteiger partial charge in [0.1, 0.15) is 0 Å². The van der Waals surface area contributed by atoms with Crippen molar-refractivity contribution in [2.75, 3.05) is 0 Å². The Morgan fingerprint density at radius 1 is 1.36 bits per heavy atom. The molecule has 0 atom stereocenters. The molecular formula is C12H23NO. The summed E-state index contributed by atoms with van der Waals surface area (Å²) < 4.78 is 0. The fourth-order valence-corrected chi connectivity index (χ4v) is 0.940. The Hall–Kier alpha value is -0.790. The standard InChI is InChI=1S/C12H23NO/c1-6-7-8-11(14)10(2)9-13-12(3,4)5/h9,13H,6-8H2,1-5H3/b10-9+. The van der Waals surface area contributed by atoms with Crippen LogP contribution < -0.4 is 5.32 Å². The largest absolute Gasteiger partial charge is 0.386 e. The zero-order valence-electron chi connectivity index (χ0n) is 10.1. The molecule has 1 N–H and O–H groups in total. The van der Waals surface area contributed by atoms with E-state index in [1.165, 1.54) is 0 Å². The third-order valence-corrected chi connectivity index (χ3v) is 1.92. The maximum atomic E-state index is 11.5. The molecule has 0 aromatic carbocycles. The number of carbonyl (C=O) groups excluding carboxylic acids is 1. The van der Waals surface area contributed by atoms with Crippen LogP contribution in [0.4, 0.5) is 0 Å². The molecular weight excluding hydrogens is 174 g/mol. The van der Waals surface area contributed by atoms with Crippen molar-refractivity contribution in [3.05, 3.63) is 11.8 Å². The lowest BCUT2D eigenvalue weighted by atomic mass is 10.1. The molecule has 0 rings (SSSR count). The Morgan fingerprint density at radius 3 is 2.36 bits per heavy atom. The first-order valence-corrected chi connectivity index (χ1v) is 5.34. The summed E-state index contributed by atoms with van der Waals surface area (Å²) in [6.07, 6.45) is 4.56. The summed E-state index contributed by atoms with van der Waals surface area (Å²) in [5, 5.41) is 3.20. The van der Waals surface area contributed by atoms with Gasteiger partial charge in [0.05, 0.1) is 0 Å². The van der Waals surface area contributed by atoms with Gasteiger partial charge in [-0.3, -0.25) is 4.79 Å². The van der Waals surface area contributed by atoms with E-state index in [-0.39, 0.29) is 11.3 Å². The molecule has 0 heterocycles. The Morgan fingerprint density at radius 2 is 1.93 bits per heavy atom. The summed E-state index contributed by atoms with van der Waals surface area (Å²) in [5.74, 6) is 0.253. The third-order valence-electron chi connectivity index (χ3n) is 1.92. The Labute approximate surface area is 87.8 Å². The molecule has 14 heavy (non-hydrogen) atoms. The summed E-state index contributed by atoms with van der Waals surface area (Å²) in [7, 11) is 0. The molecule has 0 saturated carbocycles. The van der Waals surface area contributed by atoms with Gasteiger partial charge in [0.25, 0.3) is 0 Å². The van der Waals surface area contributed by atoms with Crippen molar-refractivity contribution in [3.63, 3.8) is 0 Å². The van der Waals surface area contributed by atoms with E-state index in [0.717, 1.165) is 18.4 Å². The Bertz CT molecular complexity index is 211. The van der Waals surface area contributed by atoms with E-state index >= 15 is 0 Å². The second kappa shape index (κ2) is 5.84.